The van der Waals surface area contributed by atoms with Crippen molar-refractivity contribution in [1.29, 1.82) is 0 Å². The van der Waals surface area contributed by atoms with E-state index in [4.69, 9.17) is 14.6 Å². The van der Waals surface area contributed by atoms with Gasteiger partial charge in [-0.15, -0.1) is 0 Å². The molecular formula is C20H28O6. The Bertz CT molecular complexity index is 551. The van der Waals surface area contributed by atoms with E-state index in [1.165, 1.54) is 0 Å². The van der Waals surface area contributed by atoms with Gasteiger partial charge in [-0.25, -0.2) is 9.59 Å². The number of carboxylic acids is 1. The Morgan fingerprint density at radius 2 is 1.35 bits per heavy atom. The first kappa shape index (κ1) is 21.7. The minimum absolute atomic E-state index is 0.0185. The Hall–Kier alpha value is -2.37. The van der Waals surface area contributed by atoms with E-state index in [9.17, 15) is 14.4 Å². The van der Waals surface area contributed by atoms with Crippen LogP contribution in [-0.4, -0.2) is 36.2 Å². The van der Waals surface area contributed by atoms with E-state index in [0.717, 1.165) is 38.5 Å². The van der Waals surface area contributed by atoms with Gasteiger partial charge < -0.3 is 14.6 Å². The lowest BCUT2D eigenvalue weighted by atomic mass is 10.1. The van der Waals surface area contributed by atoms with E-state index in [-0.39, 0.29) is 17.0 Å². The van der Waals surface area contributed by atoms with Gasteiger partial charge in [-0.2, -0.15) is 0 Å². The summed E-state index contributed by atoms with van der Waals surface area (Å²) >= 11 is 0. The molecule has 0 spiro atoms. The fourth-order valence-electron chi connectivity index (χ4n) is 2.56. The van der Waals surface area contributed by atoms with Crippen molar-refractivity contribution in [3.05, 3.63) is 35.4 Å². The van der Waals surface area contributed by atoms with Gasteiger partial charge in [0.25, 0.3) is 0 Å². The number of aliphatic carboxylic acids is 1. The Labute approximate surface area is 154 Å². The second-order valence-corrected chi connectivity index (χ2v) is 6.14. The van der Waals surface area contributed by atoms with E-state index >= 15 is 0 Å². The fraction of sp³-hybridized carbons (Fsp3) is 0.550. The number of esters is 2. The van der Waals surface area contributed by atoms with Crippen molar-refractivity contribution in [2.45, 2.75) is 52.4 Å². The first-order chi connectivity index (χ1) is 12.5. The van der Waals surface area contributed by atoms with E-state index in [2.05, 4.69) is 0 Å². The number of ether oxygens (including phenoxy) is 2. The summed E-state index contributed by atoms with van der Waals surface area (Å²) < 4.78 is 10.1. The summed E-state index contributed by atoms with van der Waals surface area (Å²) in [5, 5.41) is 8.41. The predicted molar refractivity (Wildman–Crippen MR) is 97.2 cm³/mol. The number of benzene rings is 1. The molecule has 0 saturated heterocycles. The third-order valence-electron chi connectivity index (χ3n) is 3.95. The molecule has 0 heterocycles. The highest BCUT2D eigenvalue weighted by molar-refractivity contribution is 6.03. The molecule has 0 atom stereocenters. The lowest BCUT2D eigenvalue weighted by Crippen LogP contribution is -2.14. The zero-order chi connectivity index (χ0) is 19.4. The van der Waals surface area contributed by atoms with Gasteiger partial charge in [0.05, 0.1) is 30.3 Å². The van der Waals surface area contributed by atoms with Crippen LogP contribution in [0.4, 0.5) is 0 Å². The van der Waals surface area contributed by atoms with Crippen LogP contribution in [-0.2, 0) is 14.3 Å². The predicted octanol–water partition coefficient (Wildman–Crippen LogP) is 4.08. The SMILES string of the molecule is CCCOC(=O)c1ccccc1C(=O)OCCC.O=C(O)C1CCCC1. The van der Waals surface area contributed by atoms with Gasteiger partial charge in [-0.05, 0) is 37.8 Å². The zero-order valence-corrected chi connectivity index (χ0v) is 15.5. The Balaban J connectivity index is 0.000000350. The zero-order valence-electron chi connectivity index (χ0n) is 15.5. The van der Waals surface area contributed by atoms with Crippen LogP contribution in [0.2, 0.25) is 0 Å². The molecular weight excluding hydrogens is 336 g/mol. The third-order valence-corrected chi connectivity index (χ3v) is 3.95. The van der Waals surface area contributed by atoms with Gasteiger partial charge in [0.1, 0.15) is 0 Å². The molecule has 1 aromatic carbocycles. The van der Waals surface area contributed by atoms with Crippen LogP contribution in [0.5, 0.6) is 0 Å². The molecule has 0 bridgehead atoms. The maximum absolute atomic E-state index is 11.8. The lowest BCUT2D eigenvalue weighted by Gasteiger charge is -2.08. The molecule has 6 heteroatoms. The van der Waals surface area contributed by atoms with Gasteiger partial charge in [0.15, 0.2) is 0 Å². The number of carboxylic acid groups (broad SMARTS) is 1. The smallest absolute Gasteiger partial charge is 0.339 e. The highest BCUT2D eigenvalue weighted by atomic mass is 16.5. The number of carbonyl (C=O) groups is 3. The topological polar surface area (TPSA) is 89.9 Å². The maximum atomic E-state index is 11.8. The van der Waals surface area contributed by atoms with Gasteiger partial charge in [0.2, 0.25) is 0 Å². The molecule has 0 aliphatic heterocycles. The minimum atomic E-state index is -0.609. The summed E-state index contributed by atoms with van der Waals surface area (Å²) in [7, 11) is 0. The van der Waals surface area contributed by atoms with Gasteiger partial charge in [-0.1, -0.05) is 38.8 Å². The van der Waals surface area contributed by atoms with E-state index in [1.54, 1.807) is 24.3 Å². The van der Waals surface area contributed by atoms with Crippen molar-refractivity contribution in [3.8, 4) is 0 Å². The average molecular weight is 364 g/mol. The highest BCUT2D eigenvalue weighted by Gasteiger charge is 2.21. The molecule has 1 fully saturated rings. The second kappa shape index (κ2) is 12.1. The molecule has 1 aliphatic carbocycles. The van der Waals surface area contributed by atoms with Crippen LogP contribution in [0, 0.1) is 5.92 Å². The van der Waals surface area contributed by atoms with Gasteiger partial charge >= 0.3 is 17.9 Å². The fourth-order valence-corrected chi connectivity index (χ4v) is 2.56. The Morgan fingerprint density at radius 1 is 0.923 bits per heavy atom. The van der Waals surface area contributed by atoms with Crippen molar-refractivity contribution < 1.29 is 29.0 Å². The molecule has 0 aromatic heterocycles. The highest BCUT2D eigenvalue weighted by Crippen LogP contribution is 2.24. The lowest BCUT2D eigenvalue weighted by molar-refractivity contribution is -0.141. The number of carbonyl (C=O) groups excluding carboxylic acids is 2. The summed E-state index contributed by atoms with van der Waals surface area (Å²) in [4.78, 5) is 33.7. The molecule has 0 amide bonds. The van der Waals surface area contributed by atoms with Crippen LogP contribution < -0.4 is 0 Å². The average Bonchev–Trinajstić information content (AvgIpc) is 3.20. The van der Waals surface area contributed by atoms with E-state index in [1.807, 2.05) is 13.8 Å². The monoisotopic (exact) mass is 364 g/mol. The first-order valence-corrected chi connectivity index (χ1v) is 9.17. The molecule has 1 saturated carbocycles. The van der Waals surface area contributed by atoms with Crippen LogP contribution in [0.1, 0.15) is 73.1 Å². The van der Waals surface area contributed by atoms with Crippen LogP contribution in [0.3, 0.4) is 0 Å². The summed E-state index contributed by atoms with van der Waals surface area (Å²) in [5.74, 6) is -1.60. The summed E-state index contributed by atoms with van der Waals surface area (Å²) in [6.07, 6.45) is 5.50. The largest absolute Gasteiger partial charge is 0.481 e. The second-order valence-electron chi connectivity index (χ2n) is 6.14. The van der Waals surface area contributed by atoms with Gasteiger partial charge in [-0.3, -0.25) is 4.79 Å². The van der Waals surface area contributed by atoms with Gasteiger partial charge in [0, 0.05) is 0 Å². The number of hydrogen-bond donors (Lipinski definition) is 1. The standard InChI is InChI=1S/C14H18O4.C6H10O2/c1-3-9-17-13(15)11-7-5-6-8-12(11)14(16)18-10-4-2;7-6(8)5-3-1-2-4-5/h5-8H,3-4,9-10H2,1-2H3;5H,1-4H2,(H,7,8). The summed E-state index contributed by atoms with van der Waals surface area (Å²) in [6.45, 7) is 4.51. The van der Waals surface area contributed by atoms with Crippen molar-refractivity contribution in [2.75, 3.05) is 13.2 Å². The minimum Gasteiger partial charge on any atom is -0.481 e. The quantitative estimate of drug-likeness (QED) is 0.733. The molecule has 0 radical (unpaired) electrons. The summed E-state index contributed by atoms with van der Waals surface area (Å²) in [5.41, 5.74) is 0.513. The van der Waals surface area contributed by atoms with Crippen molar-refractivity contribution in [1.82, 2.24) is 0 Å². The number of rotatable bonds is 7. The normalized spacial score (nSPS) is 13.5. The molecule has 0 unspecified atom stereocenters. The Morgan fingerprint density at radius 3 is 1.65 bits per heavy atom. The molecule has 1 aliphatic rings. The van der Waals surface area contributed by atoms with E-state index < -0.39 is 17.9 Å². The van der Waals surface area contributed by atoms with Crippen LogP contribution in [0.15, 0.2) is 24.3 Å². The van der Waals surface area contributed by atoms with Crippen LogP contribution >= 0.6 is 0 Å². The molecule has 144 valence electrons. The molecule has 1 N–H and O–H groups in total. The first-order valence-electron chi connectivity index (χ1n) is 9.17. The maximum Gasteiger partial charge on any atom is 0.339 e. The molecule has 1 aromatic rings. The molecule has 2 rings (SSSR count). The van der Waals surface area contributed by atoms with E-state index in [0.29, 0.717) is 13.2 Å². The third kappa shape index (κ3) is 7.25. The van der Waals surface area contributed by atoms with Crippen molar-refractivity contribution >= 4 is 17.9 Å². The van der Waals surface area contributed by atoms with Crippen molar-refractivity contribution in [3.63, 3.8) is 0 Å². The number of hydrogen-bond acceptors (Lipinski definition) is 5. The molecule has 6 nitrogen and oxygen atoms in total. The molecule has 26 heavy (non-hydrogen) atoms. The van der Waals surface area contributed by atoms with Crippen LogP contribution in [0.25, 0.3) is 0 Å². The summed E-state index contributed by atoms with van der Waals surface area (Å²) in [6, 6.07) is 6.53. The Kier molecular flexibility index (Phi) is 10.1. The van der Waals surface area contributed by atoms with Crippen molar-refractivity contribution in [2.24, 2.45) is 5.92 Å².